The highest BCUT2D eigenvalue weighted by atomic mass is 32.2. The monoisotopic (exact) mass is 273 g/mol. The first kappa shape index (κ1) is 11.7. The van der Waals surface area contributed by atoms with Crippen LogP contribution in [0.5, 0.6) is 0 Å². The van der Waals surface area contributed by atoms with Gasteiger partial charge in [0.05, 0.1) is 16.8 Å². The van der Waals surface area contributed by atoms with Crippen LogP contribution in [0.1, 0.15) is 0 Å². The van der Waals surface area contributed by atoms with Crippen molar-refractivity contribution >= 4 is 26.5 Å². The number of sulfonamides is 1. The minimum Gasteiger partial charge on any atom is -0.284 e. The Morgan fingerprint density at radius 3 is 2.63 bits per heavy atom. The number of benzene rings is 2. The van der Waals surface area contributed by atoms with Crippen molar-refractivity contribution in [3.63, 3.8) is 0 Å². The molecule has 0 amide bonds. The molecule has 96 valence electrons. The second-order valence-corrected chi connectivity index (χ2v) is 5.72. The Morgan fingerprint density at radius 2 is 1.84 bits per heavy atom. The molecule has 19 heavy (non-hydrogen) atoms. The summed E-state index contributed by atoms with van der Waals surface area (Å²) in [6.45, 7) is 0. The smallest absolute Gasteiger partial charge is 0.262 e. The van der Waals surface area contributed by atoms with E-state index in [2.05, 4.69) is 14.9 Å². The molecular formula is C13H11N3O2S. The number of aromatic nitrogens is 2. The number of hydrogen-bond acceptors (Lipinski definition) is 3. The molecule has 1 heterocycles. The lowest BCUT2D eigenvalue weighted by atomic mass is 10.1. The van der Waals surface area contributed by atoms with Crippen molar-refractivity contribution in [3.05, 3.63) is 54.9 Å². The third-order valence-corrected chi connectivity index (χ3v) is 4.23. The summed E-state index contributed by atoms with van der Waals surface area (Å²) in [6.07, 6.45) is 2.91. The number of rotatable bonds is 3. The number of nitrogens with zero attached hydrogens (tertiary/aromatic N) is 1. The summed E-state index contributed by atoms with van der Waals surface area (Å²) in [7, 11) is -3.62. The van der Waals surface area contributed by atoms with E-state index in [4.69, 9.17) is 0 Å². The van der Waals surface area contributed by atoms with Crippen LogP contribution in [0.25, 0.3) is 10.8 Å². The molecule has 2 aromatic carbocycles. The fraction of sp³-hybridized carbons (Fsp3) is 0. The average Bonchev–Trinajstić information content (AvgIpc) is 2.90. The number of nitrogens with one attached hydrogen (secondary N) is 2. The van der Waals surface area contributed by atoms with Crippen molar-refractivity contribution in [2.45, 2.75) is 4.90 Å². The fourth-order valence-electron chi connectivity index (χ4n) is 1.95. The molecule has 0 spiro atoms. The second kappa shape index (κ2) is 4.40. The summed E-state index contributed by atoms with van der Waals surface area (Å²) in [5.41, 5.74) is 0.410. The second-order valence-electron chi connectivity index (χ2n) is 4.07. The van der Waals surface area contributed by atoms with Gasteiger partial charge in [0.15, 0.2) is 0 Å². The maximum absolute atomic E-state index is 12.4. The van der Waals surface area contributed by atoms with E-state index in [1.165, 1.54) is 12.4 Å². The van der Waals surface area contributed by atoms with Crippen LogP contribution in [0.4, 0.5) is 5.69 Å². The molecule has 5 nitrogen and oxygen atoms in total. The van der Waals surface area contributed by atoms with E-state index in [1.807, 2.05) is 24.3 Å². The molecule has 0 fully saturated rings. The zero-order chi connectivity index (χ0) is 13.3. The molecule has 0 saturated carbocycles. The van der Waals surface area contributed by atoms with Crippen LogP contribution in [0.3, 0.4) is 0 Å². The van der Waals surface area contributed by atoms with Gasteiger partial charge in [-0.05, 0) is 11.5 Å². The van der Waals surface area contributed by atoms with Gasteiger partial charge in [-0.2, -0.15) is 5.10 Å². The summed E-state index contributed by atoms with van der Waals surface area (Å²) >= 11 is 0. The molecule has 1 aromatic heterocycles. The lowest BCUT2D eigenvalue weighted by Crippen LogP contribution is -2.12. The average molecular weight is 273 g/mol. The standard InChI is InChI=1S/C13H11N3O2S/c17-19(18,16-11-8-14-15-9-11)13-7-3-5-10-4-1-2-6-12(10)13/h1-9,16H,(H,14,15). The first-order valence-electron chi connectivity index (χ1n) is 5.66. The molecule has 3 aromatic rings. The molecule has 0 aliphatic carbocycles. The van der Waals surface area contributed by atoms with Crippen LogP contribution in [0.2, 0.25) is 0 Å². The highest BCUT2D eigenvalue weighted by Gasteiger charge is 2.17. The minimum absolute atomic E-state index is 0.256. The predicted molar refractivity (Wildman–Crippen MR) is 73.3 cm³/mol. The van der Waals surface area contributed by atoms with Gasteiger partial charge in [0.2, 0.25) is 0 Å². The van der Waals surface area contributed by atoms with Gasteiger partial charge >= 0.3 is 0 Å². The Balaban J connectivity index is 2.13. The van der Waals surface area contributed by atoms with E-state index < -0.39 is 10.0 Å². The molecule has 0 aliphatic heterocycles. The number of anilines is 1. The van der Waals surface area contributed by atoms with Crippen molar-refractivity contribution in [1.29, 1.82) is 0 Å². The maximum atomic E-state index is 12.4. The summed E-state index contributed by atoms with van der Waals surface area (Å²) in [5, 5.41) is 7.86. The Bertz CT molecular complexity index is 806. The lowest BCUT2D eigenvalue weighted by Gasteiger charge is -2.08. The predicted octanol–water partition coefficient (Wildman–Crippen LogP) is 2.36. The van der Waals surface area contributed by atoms with Gasteiger partial charge in [-0.25, -0.2) is 8.42 Å². The Labute approximate surface area is 110 Å². The molecule has 0 atom stereocenters. The van der Waals surface area contributed by atoms with Gasteiger partial charge in [-0.1, -0.05) is 36.4 Å². The Morgan fingerprint density at radius 1 is 1.05 bits per heavy atom. The van der Waals surface area contributed by atoms with E-state index in [0.29, 0.717) is 11.1 Å². The third kappa shape index (κ3) is 2.17. The maximum Gasteiger partial charge on any atom is 0.262 e. The molecular weight excluding hydrogens is 262 g/mol. The fourth-order valence-corrected chi connectivity index (χ4v) is 3.21. The lowest BCUT2D eigenvalue weighted by molar-refractivity contribution is 0.602. The topological polar surface area (TPSA) is 74.8 Å². The van der Waals surface area contributed by atoms with Crippen LogP contribution in [-0.4, -0.2) is 18.6 Å². The van der Waals surface area contributed by atoms with Gasteiger partial charge in [-0.15, -0.1) is 0 Å². The molecule has 0 radical (unpaired) electrons. The van der Waals surface area contributed by atoms with Gasteiger partial charge in [0, 0.05) is 11.6 Å². The molecule has 0 bridgehead atoms. The minimum atomic E-state index is -3.62. The Hall–Kier alpha value is -2.34. The molecule has 0 aliphatic rings. The molecule has 0 saturated heterocycles. The Kier molecular flexibility index (Phi) is 2.72. The number of aromatic amines is 1. The van der Waals surface area contributed by atoms with Crippen LogP contribution in [0.15, 0.2) is 59.8 Å². The molecule has 6 heteroatoms. The largest absolute Gasteiger partial charge is 0.284 e. The first-order valence-corrected chi connectivity index (χ1v) is 7.14. The van der Waals surface area contributed by atoms with E-state index >= 15 is 0 Å². The number of hydrogen-bond donors (Lipinski definition) is 2. The van der Waals surface area contributed by atoms with E-state index in [0.717, 1.165) is 5.39 Å². The van der Waals surface area contributed by atoms with Crippen molar-refractivity contribution < 1.29 is 8.42 Å². The third-order valence-electron chi connectivity index (χ3n) is 2.79. The number of fused-ring (bicyclic) bond motifs is 1. The molecule has 3 rings (SSSR count). The van der Waals surface area contributed by atoms with Crippen molar-refractivity contribution in [3.8, 4) is 0 Å². The first-order chi connectivity index (χ1) is 9.17. The quantitative estimate of drug-likeness (QED) is 0.769. The van der Waals surface area contributed by atoms with Crippen LogP contribution in [-0.2, 0) is 10.0 Å². The zero-order valence-electron chi connectivity index (χ0n) is 9.87. The summed E-state index contributed by atoms with van der Waals surface area (Å²) in [4.78, 5) is 0.256. The highest BCUT2D eigenvalue weighted by Crippen LogP contribution is 2.24. The van der Waals surface area contributed by atoms with Gasteiger partial charge in [0.25, 0.3) is 10.0 Å². The number of H-pyrrole nitrogens is 1. The normalized spacial score (nSPS) is 11.6. The van der Waals surface area contributed by atoms with Crippen LogP contribution in [0, 0.1) is 0 Å². The van der Waals surface area contributed by atoms with E-state index in [9.17, 15) is 8.42 Å². The van der Waals surface area contributed by atoms with E-state index in [1.54, 1.807) is 18.2 Å². The van der Waals surface area contributed by atoms with Crippen molar-refractivity contribution in [1.82, 2.24) is 10.2 Å². The summed E-state index contributed by atoms with van der Waals surface area (Å²) in [5.74, 6) is 0. The van der Waals surface area contributed by atoms with Crippen LogP contribution >= 0.6 is 0 Å². The van der Waals surface area contributed by atoms with Crippen molar-refractivity contribution in [2.75, 3.05) is 4.72 Å². The highest BCUT2D eigenvalue weighted by molar-refractivity contribution is 7.93. The summed E-state index contributed by atoms with van der Waals surface area (Å²) < 4.78 is 27.2. The van der Waals surface area contributed by atoms with E-state index in [-0.39, 0.29) is 4.90 Å². The van der Waals surface area contributed by atoms with Gasteiger partial charge < -0.3 is 0 Å². The molecule has 0 unspecified atom stereocenters. The summed E-state index contributed by atoms with van der Waals surface area (Å²) in [6, 6.07) is 12.6. The zero-order valence-corrected chi connectivity index (χ0v) is 10.7. The SMILES string of the molecule is O=S(=O)(Nc1cn[nH]c1)c1cccc2ccccc12. The van der Waals surface area contributed by atoms with Gasteiger partial charge in [-0.3, -0.25) is 9.82 Å². The molecule has 2 N–H and O–H groups in total. The van der Waals surface area contributed by atoms with Crippen molar-refractivity contribution in [2.24, 2.45) is 0 Å². The van der Waals surface area contributed by atoms with Crippen LogP contribution < -0.4 is 4.72 Å². The van der Waals surface area contributed by atoms with Gasteiger partial charge in [0.1, 0.15) is 0 Å².